The van der Waals surface area contributed by atoms with E-state index in [1.54, 1.807) is 23.9 Å². The molecular formula is C17H16ClN3O. The summed E-state index contributed by atoms with van der Waals surface area (Å²) in [7, 11) is 1.74. The normalized spacial score (nSPS) is 12.3. The number of halogens is 1. The Kier molecular flexibility index (Phi) is 3.86. The van der Waals surface area contributed by atoms with Gasteiger partial charge < -0.3 is 4.57 Å². The molecule has 2 aromatic heterocycles. The second-order valence-corrected chi connectivity index (χ2v) is 5.74. The first kappa shape index (κ1) is 14.6. The van der Waals surface area contributed by atoms with E-state index in [1.165, 1.54) is 0 Å². The van der Waals surface area contributed by atoms with E-state index >= 15 is 0 Å². The highest BCUT2D eigenvalue weighted by atomic mass is 35.5. The Morgan fingerprint density at radius 3 is 2.68 bits per heavy atom. The van der Waals surface area contributed by atoms with Gasteiger partial charge in [0.1, 0.15) is 0 Å². The van der Waals surface area contributed by atoms with E-state index in [4.69, 9.17) is 11.6 Å². The number of hydrogen-bond acceptors (Lipinski definition) is 2. The number of nitrogens with zero attached hydrogens (tertiary/aromatic N) is 3. The molecule has 22 heavy (non-hydrogen) atoms. The molecule has 0 saturated carbocycles. The summed E-state index contributed by atoms with van der Waals surface area (Å²) < 4.78 is 3.46. The summed E-state index contributed by atoms with van der Waals surface area (Å²) in [5, 5.41) is 5.15. The predicted molar refractivity (Wildman–Crippen MR) is 88.2 cm³/mol. The summed E-state index contributed by atoms with van der Waals surface area (Å²) in [5.74, 6) is 0. The minimum Gasteiger partial charge on any atom is -0.318 e. The highest BCUT2D eigenvalue weighted by Gasteiger charge is 2.11. The molecule has 3 rings (SSSR count). The first-order chi connectivity index (χ1) is 10.5. The number of aryl methyl sites for hydroxylation is 1. The zero-order valence-corrected chi connectivity index (χ0v) is 13.2. The van der Waals surface area contributed by atoms with Gasteiger partial charge in [0, 0.05) is 41.7 Å². The van der Waals surface area contributed by atoms with Crippen molar-refractivity contribution in [1.82, 2.24) is 14.3 Å². The van der Waals surface area contributed by atoms with Crippen molar-refractivity contribution in [3.8, 4) is 11.1 Å². The molecule has 0 fully saturated rings. The number of hydrogen-bond donors (Lipinski definition) is 0. The minimum absolute atomic E-state index is 0.0246. The molecule has 0 bridgehead atoms. The van der Waals surface area contributed by atoms with Gasteiger partial charge in [0.05, 0.1) is 12.2 Å². The van der Waals surface area contributed by atoms with Gasteiger partial charge in [-0.15, -0.1) is 0 Å². The smallest absolute Gasteiger partial charge is 0.250 e. The maximum absolute atomic E-state index is 11.5. The van der Waals surface area contributed by atoms with Crippen molar-refractivity contribution in [3.63, 3.8) is 0 Å². The van der Waals surface area contributed by atoms with Crippen LogP contribution in [-0.4, -0.2) is 14.3 Å². The summed E-state index contributed by atoms with van der Waals surface area (Å²) in [5.41, 5.74) is 3.02. The topological polar surface area (TPSA) is 39.8 Å². The fraction of sp³-hybridized carbons (Fsp3) is 0.176. The van der Waals surface area contributed by atoms with E-state index in [0.717, 1.165) is 21.7 Å². The number of pyridine rings is 1. The van der Waals surface area contributed by atoms with Crippen LogP contribution in [0.4, 0.5) is 0 Å². The van der Waals surface area contributed by atoms with Crippen LogP contribution in [-0.2, 0) is 7.05 Å². The van der Waals surface area contributed by atoms with Gasteiger partial charge in [-0.25, -0.2) is 0 Å². The quantitative estimate of drug-likeness (QED) is 0.742. The van der Waals surface area contributed by atoms with Crippen LogP contribution in [0.1, 0.15) is 18.5 Å². The Morgan fingerprint density at radius 1 is 1.14 bits per heavy atom. The molecule has 0 aliphatic carbocycles. The number of benzene rings is 1. The standard InChI is InChI=1S/C17H16ClN3O/c1-12(13-4-3-5-16(18)8-13)21-11-15(9-19-21)14-6-7-17(22)20(2)10-14/h3-12H,1-2H3. The molecule has 0 aliphatic heterocycles. The van der Waals surface area contributed by atoms with E-state index < -0.39 is 0 Å². The molecule has 0 radical (unpaired) electrons. The summed E-state index contributed by atoms with van der Waals surface area (Å²) in [4.78, 5) is 11.5. The molecule has 0 spiro atoms. The Labute approximate surface area is 133 Å². The first-order valence-electron chi connectivity index (χ1n) is 7.01. The lowest BCUT2D eigenvalue weighted by Crippen LogP contribution is -2.13. The molecule has 0 amide bonds. The van der Waals surface area contributed by atoms with E-state index in [1.807, 2.05) is 47.4 Å². The van der Waals surface area contributed by atoms with Crippen LogP contribution in [0.5, 0.6) is 0 Å². The van der Waals surface area contributed by atoms with Crippen LogP contribution in [0.15, 0.2) is 59.8 Å². The average molecular weight is 314 g/mol. The molecule has 5 heteroatoms. The SMILES string of the molecule is CC(c1cccc(Cl)c1)n1cc(-c2ccc(=O)n(C)c2)cn1. The molecule has 4 nitrogen and oxygen atoms in total. The summed E-state index contributed by atoms with van der Waals surface area (Å²) >= 11 is 6.05. The van der Waals surface area contributed by atoms with Crippen molar-refractivity contribution < 1.29 is 0 Å². The Balaban J connectivity index is 1.93. The maximum atomic E-state index is 11.5. The number of rotatable bonds is 3. The largest absolute Gasteiger partial charge is 0.318 e. The van der Waals surface area contributed by atoms with Gasteiger partial charge in [-0.05, 0) is 30.7 Å². The van der Waals surface area contributed by atoms with Crippen molar-refractivity contribution in [2.45, 2.75) is 13.0 Å². The van der Waals surface area contributed by atoms with Crippen molar-refractivity contribution in [2.24, 2.45) is 7.05 Å². The van der Waals surface area contributed by atoms with Crippen molar-refractivity contribution in [3.05, 3.63) is 75.9 Å². The van der Waals surface area contributed by atoms with E-state index in [-0.39, 0.29) is 11.6 Å². The lowest BCUT2D eigenvalue weighted by Gasteiger charge is -2.12. The molecule has 1 atom stereocenters. The fourth-order valence-electron chi connectivity index (χ4n) is 2.38. The molecular weight excluding hydrogens is 298 g/mol. The highest BCUT2D eigenvalue weighted by Crippen LogP contribution is 2.23. The lowest BCUT2D eigenvalue weighted by molar-refractivity contribution is 0.565. The third-order valence-electron chi connectivity index (χ3n) is 3.75. The van der Waals surface area contributed by atoms with Gasteiger partial charge >= 0.3 is 0 Å². The van der Waals surface area contributed by atoms with Crippen LogP contribution in [0, 0.1) is 0 Å². The Morgan fingerprint density at radius 2 is 1.95 bits per heavy atom. The molecule has 1 aromatic carbocycles. The van der Waals surface area contributed by atoms with Crippen molar-refractivity contribution >= 4 is 11.6 Å². The van der Waals surface area contributed by atoms with Crippen LogP contribution >= 0.6 is 11.6 Å². The molecule has 3 aromatic rings. The van der Waals surface area contributed by atoms with Gasteiger partial charge in [-0.1, -0.05) is 23.7 Å². The number of aromatic nitrogens is 3. The first-order valence-corrected chi connectivity index (χ1v) is 7.39. The Hall–Kier alpha value is -2.33. The molecule has 0 N–H and O–H groups in total. The van der Waals surface area contributed by atoms with E-state index in [0.29, 0.717) is 0 Å². The van der Waals surface area contributed by atoms with Crippen molar-refractivity contribution in [1.29, 1.82) is 0 Å². The van der Waals surface area contributed by atoms with Crippen LogP contribution in [0.2, 0.25) is 5.02 Å². The molecule has 1 unspecified atom stereocenters. The summed E-state index contributed by atoms with van der Waals surface area (Å²) in [6.45, 7) is 2.07. The monoisotopic (exact) mass is 313 g/mol. The molecule has 112 valence electrons. The predicted octanol–water partition coefficient (Wildman–Crippen LogP) is 3.51. The summed E-state index contributed by atoms with van der Waals surface area (Å²) in [6.07, 6.45) is 5.60. The van der Waals surface area contributed by atoms with Crippen molar-refractivity contribution in [2.75, 3.05) is 0 Å². The van der Waals surface area contributed by atoms with Crippen LogP contribution < -0.4 is 5.56 Å². The van der Waals surface area contributed by atoms with Gasteiger partial charge in [0.2, 0.25) is 5.56 Å². The van der Waals surface area contributed by atoms with Crippen LogP contribution in [0.25, 0.3) is 11.1 Å². The van der Waals surface area contributed by atoms with E-state index in [2.05, 4.69) is 12.0 Å². The average Bonchev–Trinajstić information content (AvgIpc) is 2.99. The Bertz CT molecular complexity index is 866. The lowest BCUT2D eigenvalue weighted by atomic mass is 10.1. The third kappa shape index (κ3) is 2.83. The zero-order valence-electron chi connectivity index (χ0n) is 12.4. The van der Waals surface area contributed by atoms with Gasteiger partial charge in [0.25, 0.3) is 0 Å². The van der Waals surface area contributed by atoms with E-state index in [9.17, 15) is 4.79 Å². The van der Waals surface area contributed by atoms with Gasteiger partial charge in [0.15, 0.2) is 0 Å². The highest BCUT2D eigenvalue weighted by molar-refractivity contribution is 6.30. The molecule has 2 heterocycles. The van der Waals surface area contributed by atoms with Crippen LogP contribution in [0.3, 0.4) is 0 Å². The zero-order chi connectivity index (χ0) is 15.7. The second-order valence-electron chi connectivity index (χ2n) is 5.31. The second kappa shape index (κ2) is 5.81. The van der Waals surface area contributed by atoms with Gasteiger partial charge in [-0.2, -0.15) is 5.10 Å². The fourth-order valence-corrected chi connectivity index (χ4v) is 2.58. The minimum atomic E-state index is -0.0246. The third-order valence-corrected chi connectivity index (χ3v) is 3.98. The maximum Gasteiger partial charge on any atom is 0.250 e. The summed E-state index contributed by atoms with van der Waals surface area (Å²) in [6, 6.07) is 11.2. The molecule has 0 aliphatic rings. The van der Waals surface area contributed by atoms with Gasteiger partial charge in [-0.3, -0.25) is 9.48 Å². The molecule has 0 saturated heterocycles.